The first-order valence-corrected chi connectivity index (χ1v) is 5.57. The molecule has 0 amide bonds. The molecule has 0 aromatic carbocycles. The van der Waals surface area contributed by atoms with Gasteiger partial charge in [0.15, 0.2) is 12.4 Å². The molecule has 0 aliphatic heterocycles. The SMILES string of the molecule is CSc1cn[nH]c1-c1ccc[n+](C)c1. The summed E-state index contributed by atoms with van der Waals surface area (Å²) in [5.74, 6) is 0. The molecule has 0 aliphatic carbocycles. The predicted molar refractivity (Wildman–Crippen MR) is 57.0 cm³/mol. The van der Waals surface area contributed by atoms with Crippen LogP contribution < -0.4 is 4.57 Å². The van der Waals surface area contributed by atoms with Gasteiger partial charge in [0.1, 0.15) is 7.05 Å². The summed E-state index contributed by atoms with van der Waals surface area (Å²) >= 11 is 1.70. The quantitative estimate of drug-likeness (QED) is 0.598. The first-order chi connectivity index (χ1) is 6.81. The van der Waals surface area contributed by atoms with E-state index >= 15 is 0 Å². The number of rotatable bonds is 2. The Balaban J connectivity index is 2.49. The van der Waals surface area contributed by atoms with Crippen LogP contribution in [0.3, 0.4) is 0 Å². The predicted octanol–water partition coefficient (Wildman–Crippen LogP) is 1.62. The molecule has 2 aromatic rings. The van der Waals surface area contributed by atoms with Crippen LogP contribution in [0.15, 0.2) is 35.6 Å². The second kappa shape index (κ2) is 3.84. The van der Waals surface area contributed by atoms with Gasteiger partial charge in [-0.05, 0) is 12.3 Å². The van der Waals surface area contributed by atoms with E-state index in [1.165, 1.54) is 4.90 Å². The molecular weight excluding hydrogens is 194 g/mol. The molecular formula is C10H12N3S+. The number of pyridine rings is 1. The number of nitrogens with one attached hydrogen (secondary N) is 1. The van der Waals surface area contributed by atoms with Gasteiger partial charge in [0.05, 0.1) is 22.3 Å². The van der Waals surface area contributed by atoms with Crippen LogP contribution in [0.2, 0.25) is 0 Å². The Morgan fingerprint density at radius 2 is 2.36 bits per heavy atom. The summed E-state index contributed by atoms with van der Waals surface area (Å²) in [5, 5.41) is 7.06. The van der Waals surface area contributed by atoms with Crippen LogP contribution in [0.1, 0.15) is 0 Å². The summed E-state index contributed by atoms with van der Waals surface area (Å²) in [5.41, 5.74) is 2.26. The van der Waals surface area contributed by atoms with Gasteiger partial charge in [-0.3, -0.25) is 5.10 Å². The highest BCUT2D eigenvalue weighted by Crippen LogP contribution is 2.26. The fourth-order valence-corrected chi connectivity index (χ4v) is 1.90. The smallest absolute Gasteiger partial charge is 0.177 e. The highest BCUT2D eigenvalue weighted by Gasteiger charge is 2.08. The topological polar surface area (TPSA) is 32.6 Å². The van der Waals surface area contributed by atoms with Crippen molar-refractivity contribution in [2.75, 3.05) is 6.26 Å². The monoisotopic (exact) mass is 206 g/mol. The lowest BCUT2D eigenvalue weighted by molar-refractivity contribution is -0.671. The summed E-state index contributed by atoms with van der Waals surface area (Å²) in [7, 11) is 2.01. The van der Waals surface area contributed by atoms with Crippen molar-refractivity contribution in [1.29, 1.82) is 0 Å². The maximum Gasteiger partial charge on any atom is 0.177 e. The minimum Gasteiger partial charge on any atom is -0.276 e. The van der Waals surface area contributed by atoms with Crippen LogP contribution in [0.4, 0.5) is 0 Å². The summed E-state index contributed by atoms with van der Waals surface area (Å²) in [6.45, 7) is 0. The maximum atomic E-state index is 4.04. The van der Waals surface area contributed by atoms with Crippen molar-refractivity contribution < 1.29 is 4.57 Å². The van der Waals surface area contributed by atoms with E-state index in [4.69, 9.17) is 0 Å². The Labute approximate surface area is 87.2 Å². The number of hydrogen-bond acceptors (Lipinski definition) is 2. The van der Waals surface area contributed by atoms with Gasteiger partial charge < -0.3 is 0 Å². The first-order valence-electron chi connectivity index (χ1n) is 4.34. The average molecular weight is 206 g/mol. The molecule has 0 unspecified atom stereocenters. The summed E-state index contributed by atoms with van der Waals surface area (Å²) in [6, 6.07) is 4.10. The van der Waals surface area contributed by atoms with Crippen molar-refractivity contribution in [2.24, 2.45) is 7.05 Å². The van der Waals surface area contributed by atoms with Crippen molar-refractivity contribution in [3.63, 3.8) is 0 Å². The number of aromatic amines is 1. The van der Waals surface area contributed by atoms with Crippen LogP contribution in [0.25, 0.3) is 11.3 Å². The fraction of sp³-hybridized carbons (Fsp3) is 0.200. The van der Waals surface area contributed by atoms with Gasteiger partial charge in [-0.15, -0.1) is 11.8 Å². The van der Waals surface area contributed by atoms with Gasteiger partial charge in [0.25, 0.3) is 0 Å². The van der Waals surface area contributed by atoms with Crippen LogP contribution in [0, 0.1) is 0 Å². The highest BCUT2D eigenvalue weighted by atomic mass is 32.2. The van der Waals surface area contributed by atoms with E-state index in [9.17, 15) is 0 Å². The highest BCUT2D eigenvalue weighted by molar-refractivity contribution is 7.98. The molecule has 0 spiro atoms. The van der Waals surface area contributed by atoms with Crippen LogP contribution >= 0.6 is 11.8 Å². The molecule has 2 rings (SSSR count). The summed E-state index contributed by atoms with van der Waals surface area (Å²) < 4.78 is 2.03. The zero-order valence-electron chi connectivity index (χ0n) is 8.19. The standard InChI is InChI=1S/C10H12N3S/c1-13-5-3-4-8(7-13)10-9(14-2)6-11-12-10/h3-7H,1-2H3,(H,11,12)/q+1. The normalized spacial score (nSPS) is 10.4. The van der Waals surface area contributed by atoms with E-state index < -0.39 is 0 Å². The molecule has 0 bridgehead atoms. The molecule has 2 aromatic heterocycles. The molecule has 0 atom stereocenters. The molecule has 0 aliphatic rings. The Kier molecular flexibility index (Phi) is 2.54. The van der Waals surface area contributed by atoms with E-state index in [-0.39, 0.29) is 0 Å². The zero-order chi connectivity index (χ0) is 9.97. The van der Waals surface area contributed by atoms with Crippen LogP contribution in [0.5, 0.6) is 0 Å². The van der Waals surface area contributed by atoms with Gasteiger partial charge in [0, 0.05) is 6.07 Å². The largest absolute Gasteiger partial charge is 0.276 e. The second-order valence-electron chi connectivity index (χ2n) is 3.07. The number of H-pyrrole nitrogens is 1. The van der Waals surface area contributed by atoms with Crippen molar-refractivity contribution in [3.05, 3.63) is 30.7 Å². The lowest BCUT2D eigenvalue weighted by Gasteiger charge is -1.97. The minimum atomic E-state index is 1.09. The maximum absolute atomic E-state index is 4.04. The molecule has 0 fully saturated rings. The Morgan fingerprint density at radius 3 is 3.07 bits per heavy atom. The fourth-order valence-electron chi connectivity index (χ4n) is 1.37. The Morgan fingerprint density at radius 1 is 1.50 bits per heavy atom. The Bertz CT molecular complexity index is 436. The molecule has 0 radical (unpaired) electrons. The molecule has 14 heavy (non-hydrogen) atoms. The average Bonchev–Trinajstić information content (AvgIpc) is 2.65. The number of aromatic nitrogens is 3. The summed E-state index contributed by atoms with van der Waals surface area (Å²) in [6.07, 6.45) is 8.00. The van der Waals surface area contributed by atoms with E-state index in [0.29, 0.717) is 0 Å². The third-order valence-corrected chi connectivity index (χ3v) is 2.80. The van der Waals surface area contributed by atoms with Gasteiger partial charge in [-0.25, -0.2) is 4.57 Å². The molecule has 1 N–H and O–H groups in total. The van der Waals surface area contributed by atoms with Crippen molar-refractivity contribution >= 4 is 11.8 Å². The molecule has 72 valence electrons. The van der Waals surface area contributed by atoms with Gasteiger partial charge >= 0.3 is 0 Å². The lowest BCUT2D eigenvalue weighted by atomic mass is 10.2. The van der Waals surface area contributed by atoms with Crippen LogP contribution in [-0.4, -0.2) is 16.5 Å². The summed E-state index contributed by atoms with van der Waals surface area (Å²) in [4.78, 5) is 1.18. The van der Waals surface area contributed by atoms with E-state index in [0.717, 1.165) is 11.3 Å². The van der Waals surface area contributed by atoms with Gasteiger partial charge in [-0.1, -0.05) is 0 Å². The molecule has 2 heterocycles. The van der Waals surface area contributed by atoms with Crippen molar-refractivity contribution in [2.45, 2.75) is 4.90 Å². The Hall–Kier alpha value is -1.29. The molecule has 0 saturated carbocycles. The molecule has 0 saturated heterocycles. The lowest BCUT2D eigenvalue weighted by Crippen LogP contribution is -2.26. The third kappa shape index (κ3) is 1.65. The minimum absolute atomic E-state index is 1.09. The van der Waals surface area contributed by atoms with Crippen LogP contribution in [-0.2, 0) is 7.05 Å². The van der Waals surface area contributed by atoms with Gasteiger partial charge in [-0.2, -0.15) is 5.10 Å². The second-order valence-corrected chi connectivity index (χ2v) is 3.92. The van der Waals surface area contributed by atoms with Crippen molar-refractivity contribution in [3.8, 4) is 11.3 Å². The molecule has 4 heteroatoms. The number of thioether (sulfide) groups is 1. The number of hydrogen-bond donors (Lipinski definition) is 1. The van der Waals surface area contributed by atoms with E-state index in [1.54, 1.807) is 11.8 Å². The first kappa shape index (κ1) is 9.27. The van der Waals surface area contributed by atoms with Gasteiger partial charge in [0.2, 0.25) is 0 Å². The zero-order valence-corrected chi connectivity index (χ0v) is 9.01. The van der Waals surface area contributed by atoms with E-state index in [1.807, 2.05) is 30.1 Å². The molecule has 3 nitrogen and oxygen atoms in total. The third-order valence-electron chi connectivity index (χ3n) is 2.05. The van der Waals surface area contributed by atoms with Crippen molar-refractivity contribution in [1.82, 2.24) is 10.2 Å². The van der Waals surface area contributed by atoms with E-state index in [2.05, 4.69) is 28.7 Å². The number of nitrogens with zero attached hydrogens (tertiary/aromatic N) is 2. The number of aryl methyl sites for hydroxylation is 1.